The summed E-state index contributed by atoms with van der Waals surface area (Å²) < 4.78 is 9.96. The molecule has 0 radical (unpaired) electrons. The van der Waals surface area contributed by atoms with E-state index in [1.807, 2.05) is 27.7 Å². The van der Waals surface area contributed by atoms with Gasteiger partial charge in [-0.1, -0.05) is 27.7 Å². The smallest absolute Gasteiger partial charge is 0.311 e. The third-order valence-electron chi connectivity index (χ3n) is 4.98. The fraction of sp³-hybridized carbons (Fsp3) is 0.810. The molecule has 7 heteroatoms. The highest BCUT2D eigenvalue weighted by atomic mass is 16.6. The van der Waals surface area contributed by atoms with Gasteiger partial charge in [0.25, 0.3) is 0 Å². The second-order valence-electron chi connectivity index (χ2n) is 8.57. The van der Waals surface area contributed by atoms with E-state index in [-0.39, 0.29) is 34.4 Å². The molecule has 0 aromatic carbocycles. The topological polar surface area (TPSA) is 95.7 Å². The van der Waals surface area contributed by atoms with E-state index in [0.717, 1.165) is 0 Å². The molecule has 0 amide bonds. The van der Waals surface area contributed by atoms with Crippen molar-refractivity contribution in [2.45, 2.75) is 74.1 Å². The van der Waals surface area contributed by atoms with Crippen molar-refractivity contribution >= 4 is 11.9 Å². The van der Waals surface area contributed by atoms with Crippen molar-refractivity contribution in [2.24, 2.45) is 22.7 Å². The predicted octanol–water partition coefficient (Wildman–Crippen LogP) is 4.77. The third kappa shape index (κ3) is 7.98. The number of carbonyl (C=O) groups is 2. The van der Waals surface area contributed by atoms with Crippen LogP contribution in [-0.2, 0) is 19.1 Å². The quantitative estimate of drug-likeness (QED) is 0.266. The Morgan fingerprint density at radius 2 is 1.61 bits per heavy atom. The number of methoxy groups -OCH3 is 1. The Balaban J connectivity index is 5.72. The van der Waals surface area contributed by atoms with Crippen LogP contribution in [0.5, 0.6) is 0 Å². The van der Waals surface area contributed by atoms with Crippen molar-refractivity contribution in [2.75, 3.05) is 13.7 Å². The number of hydrogen-bond acceptors (Lipinski definition) is 6. The fourth-order valence-corrected chi connectivity index (χ4v) is 3.74. The fourth-order valence-electron chi connectivity index (χ4n) is 3.74. The highest BCUT2D eigenvalue weighted by Gasteiger charge is 2.38. The predicted molar refractivity (Wildman–Crippen MR) is 108 cm³/mol. The summed E-state index contributed by atoms with van der Waals surface area (Å²) in [5, 5.41) is 11.8. The molecule has 0 spiro atoms. The van der Waals surface area contributed by atoms with Gasteiger partial charge in [-0.2, -0.15) is 0 Å². The minimum absolute atomic E-state index is 0.0921. The molecule has 0 saturated carbocycles. The number of nitro groups is 1. The van der Waals surface area contributed by atoms with Crippen LogP contribution >= 0.6 is 0 Å². The summed E-state index contributed by atoms with van der Waals surface area (Å²) >= 11 is 0. The van der Waals surface area contributed by atoms with Crippen molar-refractivity contribution in [3.05, 3.63) is 21.9 Å². The van der Waals surface area contributed by atoms with Gasteiger partial charge in [-0.25, -0.2) is 0 Å². The van der Waals surface area contributed by atoms with Crippen LogP contribution in [0.15, 0.2) is 11.8 Å². The molecule has 0 aliphatic carbocycles. The highest BCUT2D eigenvalue weighted by molar-refractivity contribution is 5.76. The molecule has 2 atom stereocenters. The van der Waals surface area contributed by atoms with Crippen LogP contribution < -0.4 is 0 Å². The molecule has 0 N–H and O–H groups in total. The first-order chi connectivity index (χ1) is 12.8. The summed E-state index contributed by atoms with van der Waals surface area (Å²) in [5.74, 6) is -1.41. The van der Waals surface area contributed by atoms with Crippen molar-refractivity contribution in [1.29, 1.82) is 0 Å². The lowest BCUT2D eigenvalue weighted by atomic mass is 9.73. The minimum atomic E-state index is -0.766. The number of esters is 2. The van der Waals surface area contributed by atoms with Gasteiger partial charge in [-0.3, -0.25) is 19.7 Å². The van der Waals surface area contributed by atoms with Crippen LogP contribution in [0.3, 0.4) is 0 Å². The molecule has 0 fully saturated rings. The molecule has 0 bridgehead atoms. The second kappa shape index (κ2) is 11.2. The Kier molecular flexibility index (Phi) is 10.4. The third-order valence-corrected chi connectivity index (χ3v) is 4.98. The van der Waals surface area contributed by atoms with Crippen LogP contribution in [0.1, 0.15) is 74.1 Å². The number of allylic oxidation sites excluding steroid dienone is 2. The van der Waals surface area contributed by atoms with Crippen molar-refractivity contribution in [3.63, 3.8) is 0 Å². The Hall–Kier alpha value is -1.92. The summed E-state index contributed by atoms with van der Waals surface area (Å²) in [6.45, 7) is 13.1. The standard InChI is InChI=1S/C21H37NO6/c1-9-15(12-16(10-2)18(23)27-8)17(22(25)26)13-20(4,5)14-21(6,7)19(24)28-11-3/h13,15-16H,9-12,14H2,1-8H3/b17-13-. The summed E-state index contributed by atoms with van der Waals surface area (Å²) in [7, 11) is 1.33. The van der Waals surface area contributed by atoms with Crippen molar-refractivity contribution in [3.8, 4) is 0 Å². The number of rotatable bonds is 12. The number of nitrogens with zero attached hydrogens (tertiary/aromatic N) is 1. The van der Waals surface area contributed by atoms with E-state index in [4.69, 9.17) is 9.47 Å². The first-order valence-corrected chi connectivity index (χ1v) is 9.97. The van der Waals surface area contributed by atoms with Gasteiger partial charge in [-0.05, 0) is 57.9 Å². The summed E-state index contributed by atoms with van der Waals surface area (Å²) in [6.07, 6.45) is 3.52. The summed E-state index contributed by atoms with van der Waals surface area (Å²) in [5.41, 5.74) is -1.27. The lowest BCUT2D eigenvalue weighted by Gasteiger charge is -2.31. The molecule has 7 nitrogen and oxygen atoms in total. The van der Waals surface area contributed by atoms with E-state index in [1.165, 1.54) is 7.11 Å². The van der Waals surface area contributed by atoms with Gasteiger partial charge in [0.15, 0.2) is 0 Å². The zero-order valence-electron chi connectivity index (χ0n) is 18.7. The van der Waals surface area contributed by atoms with E-state index in [2.05, 4.69) is 0 Å². The van der Waals surface area contributed by atoms with E-state index in [9.17, 15) is 19.7 Å². The van der Waals surface area contributed by atoms with Gasteiger partial charge in [-0.15, -0.1) is 0 Å². The molecule has 162 valence electrons. The molecule has 0 aromatic rings. The van der Waals surface area contributed by atoms with Crippen molar-refractivity contribution in [1.82, 2.24) is 0 Å². The van der Waals surface area contributed by atoms with Gasteiger partial charge < -0.3 is 9.47 Å². The van der Waals surface area contributed by atoms with Crippen LogP contribution in [-0.4, -0.2) is 30.6 Å². The van der Waals surface area contributed by atoms with Crippen LogP contribution in [0.25, 0.3) is 0 Å². The first-order valence-electron chi connectivity index (χ1n) is 9.97. The van der Waals surface area contributed by atoms with E-state index < -0.39 is 10.8 Å². The van der Waals surface area contributed by atoms with E-state index >= 15 is 0 Å². The SMILES string of the molecule is CCOC(=O)C(C)(C)CC(C)(C)/C=C(/C(CC)CC(CC)C(=O)OC)[N+](=O)[O-]. The molecule has 0 rings (SSSR count). The highest BCUT2D eigenvalue weighted by Crippen LogP contribution is 2.38. The maximum absolute atomic E-state index is 12.2. The maximum atomic E-state index is 12.2. The molecule has 28 heavy (non-hydrogen) atoms. The molecule has 0 aliphatic rings. The molecular formula is C21H37NO6. The van der Waals surface area contributed by atoms with Crippen molar-refractivity contribution < 1.29 is 24.0 Å². The van der Waals surface area contributed by atoms with Gasteiger partial charge >= 0.3 is 11.9 Å². The number of hydrogen-bond donors (Lipinski definition) is 0. The Bertz CT molecular complexity index is 579. The van der Waals surface area contributed by atoms with E-state index in [1.54, 1.807) is 26.8 Å². The average Bonchev–Trinajstić information content (AvgIpc) is 2.59. The minimum Gasteiger partial charge on any atom is -0.469 e. The second-order valence-corrected chi connectivity index (χ2v) is 8.57. The molecule has 0 saturated heterocycles. The normalized spacial score (nSPS) is 14.9. The zero-order valence-corrected chi connectivity index (χ0v) is 18.7. The monoisotopic (exact) mass is 399 g/mol. The lowest BCUT2D eigenvalue weighted by Crippen LogP contribution is -2.32. The molecule has 0 aliphatic heterocycles. The van der Waals surface area contributed by atoms with Gasteiger partial charge in [0.1, 0.15) is 0 Å². The zero-order chi connectivity index (χ0) is 22.1. The van der Waals surface area contributed by atoms with Crippen LogP contribution in [0.4, 0.5) is 0 Å². The molecule has 0 aromatic heterocycles. The molecule has 0 heterocycles. The molecule has 2 unspecified atom stereocenters. The molecular weight excluding hydrogens is 362 g/mol. The largest absolute Gasteiger partial charge is 0.469 e. The van der Waals surface area contributed by atoms with Gasteiger partial charge in [0.2, 0.25) is 5.70 Å². The van der Waals surface area contributed by atoms with Crippen LogP contribution in [0.2, 0.25) is 0 Å². The summed E-state index contributed by atoms with van der Waals surface area (Å²) in [6, 6.07) is 0. The number of ether oxygens (including phenoxy) is 2. The first kappa shape index (κ1) is 26.1. The average molecular weight is 400 g/mol. The van der Waals surface area contributed by atoms with Gasteiger partial charge in [0.05, 0.1) is 35.9 Å². The summed E-state index contributed by atoms with van der Waals surface area (Å²) in [4.78, 5) is 35.6. The Morgan fingerprint density at radius 3 is 2.00 bits per heavy atom. The Morgan fingerprint density at radius 1 is 1.07 bits per heavy atom. The maximum Gasteiger partial charge on any atom is 0.311 e. The number of carbonyl (C=O) groups excluding carboxylic acids is 2. The lowest BCUT2D eigenvalue weighted by molar-refractivity contribution is -0.435. The van der Waals surface area contributed by atoms with Crippen LogP contribution in [0, 0.1) is 32.8 Å². The Labute approximate surface area is 169 Å². The van der Waals surface area contributed by atoms with Gasteiger partial charge in [0, 0.05) is 0 Å². The van der Waals surface area contributed by atoms with E-state index in [0.29, 0.717) is 32.3 Å².